The average Bonchev–Trinajstić information content (AvgIpc) is 3.10. The van der Waals surface area contributed by atoms with E-state index in [9.17, 15) is 14.0 Å². The van der Waals surface area contributed by atoms with Crippen LogP contribution in [0.1, 0.15) is 29.6 Å². The fourth-order valence-corrected chi connectivity index (χ4v) is 2.30. The molecule has 19 heavy (non-hydrogen) atoms. The maximum atomic E-state index is 13.2. The van der Waals surface area contributed by atoms with Crippen molar-refractivity contribution in [2.45, 2.75) is 25.3 Å². The molecule has 0 spiro atoms. The smallest absolute Gasteiger partial charge is 0.326 e. The van der Waals surface area contributed by atoms with Crippen molar-refractivity contribution in [2.75, 3.05) is 0 Å². The Bertz CT molecular complexity index is 496. The van der Waals surface area contributed by atoms with E-state index in [0.29, 0.717) is 16.8 Å². The fourth-order valence-electron chi connectivity index (χ4n) is 1.83. The van der Waals surface area contributed by atoms with Crippen LogP contribution in [0.15, 0.2) is 22.7 Å². The third-order valence-electron chi connectivity index (χ3n) is 2.99. The van der Waals surface area contributed by atoms with E-state index >= 15 is 0 Å². The van der Waals surface area contributed by atoms with Crippen LogP contribution in [-0.4, -0.2) is 23.0 Å². The number of hydrogen-bond donors (Lipinski definition) is 2. The molecule has 1 aromatic carbocycles. The van der Waals surface area contributed by atoms with E-state index in [1.165, 1.54) is 12.1 Å². The van der Waals surface area contributed by atoms with Crippen molar-refractivity contribution < 1.29 is 19.1 Å². The van der Waals surface area contributed by atoms with Gasteiger partial charge in [0.25, 0.3) is 5.91 Å². The van der Waals surface area contributed by atoms with E-state index in [4.69, 9.17) is 5.11 Å². The minimum absolute atomic E-state index is 0.105. The van der Waals surface area contributed by atoms with Crippen LogP contribution in [0.4, 0.5) is 4.39 Å². The Morgan fingerprint density at radius 1 is 1.42 bits per heavy atom. The first-order valence-corrected chi connectivity index (χ1v) is 6.75. The summed E-state index contributed by atoms with van der Waals surface area (Å²) in [7, 11) is 0. The first-order valence-electron chi connectivity index (χ1n) is 5.95. The van der Waals surface area contributed by atoms with Crippen molar-refractivity contribution in [1.82, 2.24) is 5.32 Å². The lowest BCUT2D eigenvalue weighted by Gasteiger charge is -2.14. The maximum Gasteiger partial charge on any atom is 0.326 e. The molecular weight excluding hydrogens is 317 g/mol. The van der Waals surface area contributed by atoms with Gasteiger partial charge in [-0.3, -0.25) is 4.79 Å². The Morgan fingerprint density at radius 2 is 2.11 bits per heavy atom. The molecule has 4 nitrogen and oxygen atoms in total. The van der Waals surface area contributed by atoms with Crippen LogP contribution in [0, 0.1) is 11.7 Å². The molecule has 2 N–H and O–H groups in total. The van der Waals surface area contributed by atoms with Crippen molar-refractivity contribution >= 4 is 27.8 Å². The summed E-state index contributed by atoms with van der Waals surface area (Å²) in [5, 5.41) is 11.5. The molecule has 1 aliphatic rings. The van der Waals surface area contributed by atoms with Crippen LogP contribution >= 0.6 is 15.9 Å². The number of carbonyl (C=O) groups is 2. The molecule has 1 saturated carbocycles. The topological polar surface area (TPSA) is 66.4 Å². The van der Waals surface area contributed by atoms with Crippen molar-refractivity contribution in [3.05, 3.63) is 34.1 Å². The van der Waals surface area contributed by atoms with Crippen molar-refractivity contribution in [3.63, 3.8) is 0 Å². The second-order valence-corrected chi connectivity index (χ2v) is 5.62. The Labute approximate surface area is 118 Å². The van der Waals surface area contributed by atoms with Crippen LogP contribution in [-0.2, 0) is 4.79 Å². The summed E-state index contributed by atoms with van der Waals surface area (Å²) >= 11 is 3.09. The highest BCUT2D eigenvalue weighted by Gasteiger charge is 2.30. The number of carboxylic acid groups (broad SMARTS) is 1. The number of amides is 1. The van der Waals surface area contributed by atoms with Gasteiger partial charge < -0.3 is 10.4 Å². The molecule has 1 unspecified atom stereocenters. The van der Waals surface area contributed by atoms with Gasteiger partial charge in [0, 0.05) is 10.0 Å². The van der Waals surface area contributed by atoms with Gasteiger partial charge in [0.05, 0.1) is 0 Å². The molecule has 0 bridgehead atoms. The Balaban J connectivity index is 2.07. The quantitative estimate of drug-likeness (QED) is 0.872. The minimum Gasteiger partial charge on any atom is -0.480 e. The van der Waals surface area contributed by atoms with E-state index in [-0.39, 0.29) is 5.56 Å². The normalized spacial score (nSPS) is 15.9. The Morgan fingerprint density at radius 3 is 2.63 bits per heavy atom. The monoisotopic (exact) mass is 329 g/mol. The van der Waals surface area contributed by atoms with Gasteiger partial charge >= 0.3 is 5.97 Å². The predicted molar refractivity (Wildman–Crippen MR) is 70.3 cm³/mol. The molecule has 1 fully saturated rings. The summed E-state index contributed by atoms with van der Waals surface area (Å²) in [5.74, 6) is -1.81. The summed E-state index contributed by atoms with van der Waals surface area (Å²) in [5.41, 5.74) is 0.105. The van der Waals surface area contributed by atoms with Crippen LogP contribution < -0.4 is 5.32 Å². The molecule has 0 radical (unpaired) electrons. The molecule has 1 amide bonds. The summed E-state index contributed by atoms with van der Waals surface area (Å²) < 4.78 is 13.6. The molecule has 1 aromatic rings. The van der Waals surface area contributed by atoms with E-state index < -0.39 is 23.7 Å². The molecule has 0 saturated heterocycles. The Hall–Kier alpha value is -1.43. The number of hydrogen-bond acceptors (Lipinski definition) is 2. The fraction of sp³-hybridized carbons (Fsp3) is 0.385. The lowest BCUT2D eigenvalue weighted by atomic mass is 10.1. The number of benzene rings is 1. The molecule has 102 valence electrons. The third kappa shape index (κ3) is 4.02. The number of aliphatic carboxylic acids is 1. The van der Waals surface area contributed by atoms with Gasteiger partial charge in [-0.15, -0.1) is 0 Å². The summed E-state index contributed by atoms with van der Waals surface area (Å²) in [4.78, 5) is 23.0. The van der Waals surface area contributed by atoms with E-state index in [1.54, 1.807) is 0 Å². The van der Waals surface area contributed by atoms with Crippen molar-refractivity contribution in [3.8, 4) is 0 Å². The second-order valence-electron chi connectivity index (χ2n) is 4.70. The van der Waals surface area contributed by atoms with Gasteiger partial charge in [0.1, 0.15) is 11.9 Å². The largest absolute Gasteiger partial charge is 0.480 e. The second kappa shape index (κ2) is 5.69. The molecular formula is C13H13BrFNO3. The number of carbonyl (C=O) groups excluding carboxylic acids is 1. The summed E-state index contributed by atoms with van der Waals surface area (Å²) in [6, 6.07) is 2.85. The van der Waals surface area contributed by atoms with Crippen LogP contribution in [0.25, 0.3) is 0 Å². The summed E-state index contributed by atoms with van der Waals surface area (Å²) in [6.45, 7) is 0. The molecule has 0 heterocycles. The lowest BCUT2D eigenvalue weighted by Crippen LogP contribution is -2.41. The van der Waals surface area contributed by atoms with Crippen LogP contribution in [0.3, 0.4) is 0 Å². The average molecular weight is 330 g/mol. The highest BCUT2D eigenvalue weighted by Crippen LogP contribution is 2.33. The van der Waals surface area contributed by atoms with Gasteiger partial charge in [0.15, 0.2) is 0 Å². The first kappa shape index (κ1) is 14.0. The SMILES string of the molecule is O=C(NC(CC1CC1)C(=O)O)c1cc(F)cc(Br)c1. The number of halogens is 2. The summed E-state index contributed by atoms with van der Waals surface area (Å²) in [6.07, 6.45) is 2.44. The molecule has 1 atom stereocenters. The van der Waals surface area contributed by atoms with E-state index in [1.807, 2.05) is 0 Å². The van der Waals surface area contributed by atoms with E-state index in [0.717, 1.165) is 18.9 Å². The minimum atomic E-state index is -1.06. The standard InChI is InChI=1S/C13H13BrFNO3/c14-9-4-8(5-10(15)6-9)12(17)16-11(13(18)19)3-7-1-2-7/h4-7,11H,1-3H2,(H,16,17)(H,18,19). The maximum absolute atomic E-state index is 13.2. The van der Waals surface area contributed by atoms with Crippen LogP contribution in [0.2, 0.25) is 0 Å². The molecule has 1 aliphatic carbocycles. The Kier molecular flexibility index (Phi) is 4.19. The number of rotatable bonds is 5. The van der Waals surface area contributed by atoms with Gasteiger partial charge in [-0.2, -0.15) is 0 Å². The highest BCUT2D eigenvalue weighted by atomic mass is 79.9. The zero-order chi connectivity index (χ0) is 14.0. The number of nitrogens with one attached hydrogen (secondary N) is 1. The lowest BCUT2D eigenvalue weighted by molar-refractivity contribution is -0.139. The molecule has 2 rings (SSSR count). The highest BCUT2D eigenvalue weighted by molar-refractivity contribution is 9.10. The zero-order valence-electron chi connectivity index (χ0n) is 10.0. The molecule has 0 aromatic heterocycles. The van der Waals surface area contributed by atoms with E-state index in [2.05, 4.69) is 21.2 Å². The van der Waals surface area contributed by atoms with Gasteiger partial charge in [-0.25, -0.2) is 9.18 Å². The molecule has 6 heteroatoms. The zero-order valence-corrected chi connectivity index (χ0v) is 11.6. The number of carboxylic acids is 1. The first-order chi connectivity index (χ1) is 8.95. The van der Waals surface area contributed by atoms with Gasteiger partial charge in [-0.05, 0) is 30.5 Å². The third-order valence-corrected chi connectivity index (χ3v) is 3.45. The van der Waals surface area contributed by atoms with Gasteiger partial charge in [-0.1, -0.05) is 28.8 Å². The predicted octanol–water partition coefficient (Wildman–Crippen LogP) is 2.57. The van der Waals surface area contributed by atoms with Crippen molar-refractivity contribution in [1.29, 1.82) is 0 Å². The van der Waals surface area contributed by atoms with Crippen molar-refractivity contribution in [2.24, 2.45) is 5.92 Å². The van der Waals surface area contributed by atoms with Gasteiger partial charge in [0.2, 0.25) is 0 Å². The van der Waals surface area contributed by atoms with Crippen LogP contribution in [0.5, 0.6) is 0 Å². The molecule has 0 aliphatic heterocycles.